The summed E-state index contributed by atoms with van der Waals surface area (Å²) in [5, 5.41) is 0. The molecule has 2 rings (SSSR count). The summed E-state index contributed by atoms with van der Waals surface area (Å²) in [5.41, 5.74) is 6.55. The van der Waals surface area contributed by atoms with E-state index in [1.54, 1.807) is 0 Å². The van der Waals surface area contributed by atoms with Crippen molar-refractivity contribution in [3.8, 4) is 0 Å². The first-order valence-corrected chi connectivity index (χ1v) is 7.49. The molecule has 0 heterocycles. The molecule has 0 bridgehead atoms. The average Bonchev–Trinajstić information content (AvgIpc) is 2.41. The van der Waals surface area contributed by atoms with Crippen LogP contribution >= 0.6 is 15.9 Å². The smallest absolute Gasteiger partial charge is 0.313 e. The number of carbonyl (C=O) groups excluding carboxylic acids is 1. The fourth-order valence-corrected chi connectivity index (χ4v) is 2.94. The molecule has 1 aliphatic carbocycles. The zero-order chi connectivity index (χ0) is 13.9. The maximum absolute atomic E-state index is 12.3. The van der Waals surface area contributed by atoms with E-state index < -0.39 is 5.41 Å². The van der Waals surface area contributed by atoms with Crippen LogP contribution in [0.5, 0.6) is 0 Å². The van der Waals surface area contributed by atoms with Crippen LogP contribution in [0.4, 0.5) is 0 Å². The predicted octanol–water partition coefficient (Wildman–Crippen LogP) is 3.40. The lowest BCUT2D eigenvalue weighted by Crippen LogP contribution is -2.48. The zero-order valence-corrected chi connectivity index (χ0v) is 12.8. The topological polar surface area (TPSA) is 52.3 Å². The molecule has 3 nitrogen and oxygen atoms in total. The van der Waals surface area contributed by atoms with E-state index >= 15 is 0 Å². The Balaban J connectivity index is 1.99. The number of hydrogen-bond acceptors (Lipinski definition) is 3. The quantitative estimate of drug-likeness (QED) is 0.866. The molecule has 2 atom stereocenters. The second-order valence-electron chi connectivity index (χ2n) is 5.44. The normalized spacial score (nSPS) is 27.0. The first kappa shape index (κ1) is 14.5. The molecule has 1 aliphatic rings. The van der Waals surface area contributed by atoms with E-state index in [-0.39, 0.29) is 12.0 Å². The standard InChI is InChI=1S/C15H20BrNO2/c1-15(9-5-4-8-13(15)17)14(18)19-10-11-6-2-3-7-12(11)16/h2-3,6-7,13H,4-5,8-10,17H2,1H3. The maximum atomic E-state index is 12.3. The van der Waals surface area contributed by atoms with Crippen LogP contribution < -0.4 is 5.73 Å². The van der Waals surface area contributed by atoms with Gasteiger partial charge in [0.2, 0.25) is 0 Å². The number of benzene rings is 1. The molecule has 19 heavy (non-hydrogen) atoms. The highest BCUT2D eigenvalue weighted by Crippen LogP contribution is 2.36. The summed E-state index contributed by atoms with van der Waals surface area (Å²) < 4.78 is 6.43. The molecule has 1 fully saturated rings. The van der Waals surface area contributed by atoms with Gasteiger partial charge in [0.05, 0.1) is 5.41 Å². The average molecular weight is 326 g/mol. The minimum absolute atomic E-state index is 0.0898. The van der Waals surface area contributed by atoms with Gasteiger partial charge < -0.3 is 10.5 Å². The highest BCUT2D eigenvalue weighted by atomic mass is 79.9. The molecule has 0 saturated heterocycles. The van der Waals surface area contributed by atoms with Crippen molar-refractivity contribution < 1.29 is 9.53 Å². The van der Waals surface area contributed by atoms with Crippen molar-refractivity contribution in [1.29, 1.82) is 0 Å². The largest absolute Gasteiger partial charge is 0.460 e. The van der Waals surface area contributed by atoms with Crippen LogP contribution in [0.3, 0.4) is 0 Å². The SMILES string of the molecule is CC1(C(=O)OCc2ccccc2Br)CCCCC1N. The molecule has 2 N–H and O–H groups in total. The van der Waals surface area contributed by atoms with Gasteiger partial charge in [-0.1, -0.05) is 47.0 Å². The van der Waals surface area contributed by atoms with Crippen molar-refractivity contribution in [1.82, 2.24) is 0 Å². The van der Waals surface area contributed by atoms with E-state index in [9.17, 15) is 4.79 Å². The van der Waals surface area contributed by atoms with Gasteiger partial charge in [0.15, 0.2) is 0 Å². The van der Waals surface area contributed by atoms with Gasteiger partial charge in [-0.2, -0.15) is 0 Å². The minimum Gasteiger partial charge on any atom is -0.460 e. The lowest BCUT2D eigenvalue weighted by Gasteiger charge is -2.36. The van der Waals surface area contributed by atoms with Gasteiger partial charge in [-0.05, 0) is 25.8 Å². The van der Waals surface area contributed by atoms with Crippen LogP contribution in [0, 0.1) is 5.41 Å². The van der Waals surface area contributed by atoms with Gasteiger partial charge in [0.1, 0.15) is 6.61 Å². The van der Waals surface area contributed by atoms with E-state index in [0.717, 1.165) is 35.7 Å². The number of nitrogens with two attached hydrogens (primary N) is 1. The summed E-state index contributed by atoms with van der Waals surface area (Å²) in [6.45, 7) is 2.22. The molecule has 1 aromatic rings. The Morgan fingerprint density at radius 1 is 1.47 bits per heavy atom. The Kier molecular flexibility index (Phi) is 4.63. The van der Waals surface area contributed by atoms with Crippen molar-refractivity contribution in [2.24, 2.45) is 11.1 Å². The van der Waals surface area contributed by atoms with Crippen LogP contribution in [0.15, 0.2) is 28.7 Å². The molecule has 0 aliphatic heterocycles. The molecule has 4 heteroatoms. The van der Waals surface area contributed by atoms with E-state index in [1.807, 2.05) is 31.2 Å². The molecule has 0 aromatic heterocycles. The van der Waals surface area contributed by atoms with E-state index in [4.69, 9.17) is 10.5 Å². The Labute approximate surface area is 122 Å². The van der Waals surface area contributed by atoms with Crippen molar-refractivity contribution in [3.05, 3.63) is 34.3 Å². The van der Waals surface area contributed by atoms with Crippen LogP contribution in [0.25, 0.3) is 0 Å². The number of rotatable bonds is 3. The van der Waals surface area contributed by atoms with Crippen molar-refractivity contribution in [3.63, 3.8) is 0 Å². The second-order valence-corrected chi connectivity index (χ2v) is 6.29. The monoisotopic (exact) mass is 325 g/mol. The molecule has 1 aromatic carbocycles. The predicted molar refractivity (Wildman–Crippen MR) is 78.5 cm³/mol. The third-order valence-corrected chi connectivity index (χ3v) is 4.84. The van der Waals surface area contributed by atoms with Gasteiger partial charge in [-0.25, -0.2) is 0 Å². The fraction of sp³-hybridized carbons (Fsp3) is 0.533. The van der Waals surface area contributed by atoms with Crippen LogP contribution in [0.2, 0.25) is 0 Å². The third kappa shape index (κ3) is 3.18. The number of halogens is 1. The Bertz CT molecular complexity index is 463. The number of ether oxygens (including phenoxy) is 1. The van der Waals surface area contributed by atoms with Crippen LogP contribution in [0.1, 0.15) is 38.2 Å². The van der Waals surface area contributed by atoms with Gasteiger partial charge in [0, 0.05) is 16.1 Å². The molecule has 0 spiro atoms. The number of carbonyl (C=O) groups is 1. The van der Waals surface area contributed by atoms with Crippen molar-refractivity contribution >= 4 is 21.9 Å². The third-order valence-electron chi connectivity index (χ3n) is 4.06. The first-order valence-electron chi connectivity index (χ1n) is 6.70. The van der Waals surface area contributed by atoms with Crippen molar-refractivity contribution in [2.75, 3.05) is 0 Å². The molecular weight excluding hydrogens is 306 g/mol. The Hall–Kier alpha value is -0.870. The van der Waals surface area contributed by atoms with Crippen molar-refractivity contribution in [2.45, 2.75) is 45.3 Å². The highest BCUT2D eigenvalue weighted by Gasteiger charge is 2.42. The van der Waals surface area contributed by atoms with E-state index in [0.29, 0.717) is 6.61 Å². The Morgan fingerprint density at radius 3 is 2.89 bits per heavy atom. The molecular formula is C15H20BrNO2. The number of hydrogen-bond donors (Lipinski definition) is 1. The summed E-state index contributed by atoms with van der Waals surface area (Å²) in [4.78, 5) is 12.3. The van der Waals surface area contributed by atoms with Gasteiger partial charge in [0.25, 0.3) is 0 Å². The van der Waals surface area contributed by atoms with Crippen LogP contribution in [-0.4, -0.2) is 12.0 Å². The minimum atomic E-state index is -0.528. The zero-order valence-electron chi connectivity index (χ0n) is 11.2. The summed E-state index contributed by atoms with van der Waals surface area (Å²) in [5.74, 6) is -0.171. The first-order chi connectivity index (χ1) is 9.04. The molecule has 104 valence electrons. The summed E-state index contributed by atoms with van der Waals surface area (Å²) >= 11 is 3.45. The van der Waals surface area contributed by atoms with Gasteiger partial charge in [-0.15, -0.1) is 0 Å². The summed E-state index contributed by atoms with van der Waals surface area (Å²) in [6, 6.07) is 7.67. The number of esters is 1. The van der Waals surface area contributed by atoms with Gasteiger partial charge in [-0.3, -0.25) is 4.79 Å². The van der Waals surface area contributed by atoms with E-state index in [2.05, 4.69) is 15.9 Å². The maximum Gasteiger partial charge on any atom is 0.313 e. The summed E-state index contributed by atoms with van der Waals surface area (Å²) in [6.07, 6.45) is 3.88. The van der Waals surface area contributed by atoms with E-state index in [1.165, 1.54) is 0 Å². The molecule has 2 unspecified atom stereocenters. The lowest BCUT2D eigenvalue weighted by atomic mass is 9.72. The Morgan fingerprint density at radius 2 is 2.21 bits per heavy atom. The van der Waals surface area contributed by atoms with Gasteiger partial charge >= 0.3 is 5.97 Å². The second kappa shape index (κ2) is 6.06. The highest BCUT2D eigenvalue weighted by molar-refractivity contribution is 9.10. The molecule has 1 saturated carbocycles. The molecule has 0 radical (unpaired) electrons. The fourth-order valence-electron chi connectivity index (χ4n) is 2.54. The lowest BCUT2D eigenvalue weighted by molar-refractivity contribution is -0.159. The van der Waals surface area contributed by atoms with Crippen LogP contribution in [-0.2, 0) is 16.1 Å². The molecule has 0 amide bonds. The summed E-state index contributed by atoms with van der Waals surface area (Å²) in [7, 11) is 0.